The van der Waals surface area contributed by atoms with Gasteiger partial charge >= 0.3 is 0 Å². The molecular formula is C18H28ClN3O3. The molecule has 1 atom stereocenters. The van der Waals surface area contributed by atoms with Gasteiger partial charge in [-0.15, -0.1) is 12.4 Å². The minimum atomic E-state index is -0.287. The van der Waals surface area contributed by atoms with E-state index in [1.54, 1.807) is 24.3 Å². The topological polar surface area (TPSA) is 93.4 Å². The van der Waals surface area contributed by atoms with Crippen LogP contribution in [0.15, 0.2) is 24.3 Å². The van der Waals surface area contributed by atoms with Crippen LogP contribution in [-0.4, -0.2) is 37.6 Å². The van der Waals surface area contributed by atoms with Crippen molar-refractivity contribution in [2.24, 2.45) is 5.73 Å². The Balaban J connectivity index is 0.00000312. The first kappa shape index (κ1) is 21.4. The molecule has 7 heteroatoms. The van der Waals surface area contributed by atoms with Crippen LogP contribution in [0.5, 0.6) is 0 Å². The third-order valence-corrected chi connectivity index (χ3v) is 4.38. The van der Waals surface area contributed by atoms with Crippen molar-refractivity contribution in [1.29, 1.82) is 0 Å². The maximum atomic E-state index is 12.2. The summed E-state index contributed by atoms with van der Waals surface area (Å²) in [5.41, 5.74) is 6.77. The average molecular weight is 370 g/mol. The fourth-order valence-corrected chi connectivity index (χ4v) is 2.90. The Hall–Kier alpha value is -1.63. The van der Waals surface area contributed by atoms with Gasteiger partial charge in [0.2, 0.25) is 5.91 Å². The molecule has 0 bridgehead atoms. The van der Waals surface area contributed by atoms with Gasteiger partial charge in [-0.1, -0.05) is 19.3 Å². The monoisotopic (exact) mass is 369 g/mol. The number of rotatable bonds is 7. The van der Waals surface area contributed by atoms with E-state index in [4.69, 9.17) is 10.5 Å². The summed E-state index contributed by atoms with van der Waals surface area (Å²) in [5, 5.41) is 5.86. The fourth-order valence-electron chi connectivity index (χ4n) is 2.90. The first-order valence-electron chi connectivity index (χ1n) is 8.56. The van der Waals surface area contributed by atoms with Gasteiger partial charge in [-0.2, -0.15) is 0 Å². The lowest BCUT2D eigenvalue weighted by molar-refractivity contribution is -0.118. The van der Waals surface area contributed by atoms with Crippen LogP contribution in [0, 0.1) is 0 Å². The molecule has 0 aliphatic heterocycles. The summed E-state index contributed by atoms with van der Waals surface area (Å²) < 4.78 is 5.09. The van der Waals surface area contributed by atoms with Gasteiger partial charge in [0.25, 0.3) is 5.91 Å². The lowest BCUT2D eigenvalue weighted by Gasteiger charge is -2.22. The molecule has 4 N–H and O–H groups in total. The fraction of sp³-hybridized carbons (Fsp3) is 0.556. The quantitative estimate of drug-likeness (QED) is 0.688. The second-order valence-electron chi connectivity index (χ2n) is 6.23. The van der Waals surface area contributed by atoms with E-state index in [2.05, 4.69) is 10.6 Å². The zero-order chi connectivity index (χ0) is 17.4. The minimum absolute atomic E-state index is 0. The van der Waals surface area contributed by atoms with Crippen LogP contribution in [0.2, 0.25) is 0 Å². The van der Waals surface area contributed by atoms with Crippen molar-refractivity contribution in [3.8, 4) is 0 Å². The Morgan fingerprint density at radius 3 is 2.40 bits per heavy atom. The Kier molecular flexibility index (Phi) is 9.49. The molecule has 6 nitrogen and oxygen atoms in total. The largest absolute Gasteiger partial charge is 0.380 e. The number of hydrogen-bond donors (Lipinski definition) is 3. The van der Waals surface area contributed by atoms with Gasteiger partial charge in [0.15, 0.2) is 0 Å². The first-order chi connectivity index (χ1) is 11.6. The zero-order valence-electron chi connectivity index (χ0n) is 14.6. The maximum absolute atomic E-state index is 12.2. The number of nitrogens with one attached hydrogen (secondary N) is 2. The van der Waals surface area contributed by atoms with Crippen molar-refractivity contribution in [3.63, 3.8) is 0 Å². The molecule has 1 aliphatic carbocycles. The van der Waals surface area contributed by atoms with Gasteiger partial charge in [0.1, 0.15) is 0 Å². The van der Waals surface area contributed by atoms with E-state index in [0.717, 1.165) is 12.8 Å². The number of anilines is 1. The van der Waals surface area contributed by atoms with Gasteiger partial charge in [-0.25, -0.2) is 0 Å². The van der Waals surface area contributed by atoms with Gasteiger partial charge in [-0.3, -0.25) is 9.59 Å². The third kappa shape index (κ3) is 7.02. The summed E-state index contributed by atoms with van der Waals surface area (Å²) in [7, 11) is 1.53. The lowest BCUT2D eigenvalue weighted by atomic mass is 9.95. The molecule has 0 radical (unpaired) electrons. The van der Waals surface area contributed by atoms with Crippen molar-refractivity contribution in [3.05, 3.63) is 29.8 Å². The van der Waals surface area contributed by atoms with Crippen molar-refractivity contribution in [2.45, 2.75) is 50.7 Å². The van der Waals surface area contributed by atoms with E-state index in [1.807, 2.05) is 0 Å². The third-order valence-electron chi connectivity index (χ3n) is 4.38. The van der Waals surface area contributed by atoms with E-state index in [9.17, 15) is 9.59 Å². The first-order valence-corrected chi connectivity index (χ1v) is 8.56. The second kappa shape index (κ2) is 11.1. The standard InChI is InChI=1S/C18H27N3O3.ClH/c1-24-16(12-19)11-17(22)20-15-9-7-13(8-10-15)18(23)21-14-5-3-2-4-6-14;/h7-10,14,16H,2-6,11-12,19H2,1H3,(H,20,22)(H,21,23);1H. The van der Waals surface area contributed by atoms with Crippen LogP contribution < -0.4 is 16.4 Å². The molecule has 1 aromatic carbocycles. The van der Waals surface area contributed by atoms with Crippen molar-refractivity contribution in [2.75, 3.05) is 19.0 Å². The smallest absolute Gasteiger partial charge is 0.251 e. The molecule has 0 aromatic heterocycles. The Morgan fingerprint density at radius 2 is 1.84 bits per heavy atom. The Bertz CT molecular complexity index is 541. The van der Waals surface area contributed by atoms with Crippen LogP contribution in [-0.2, 0) is 9.53 Å². The van der Waals surface area contributed by atoms with Crippen LogP contribution in [0.1, 0.15) is 48.9 Å². The highest BCUT2D eigenvalue weighted by atomic mass is 35.5. The highest BCUT2D eigenvalue weighted by Gasteiger charge is 2.17. The van der Waals surface area contributed by atoms with E-state index in [-0.39, 0.29) is 42.8 Å². The molecule has 1 aliphatic rings. The number of carbonyl (C=O) groups excluding carboxylic acids is 2. The van der Waals surface area contributed by atoms with Gasteiger partial charge in [0, 0.05) is 30.9 Å². The SMILES string of the molecule is COC(CN)CC(=O)Nc1ccc(C(=O)NC2CCCCC2)cc1.Cl. The molecule has 2 amide bonds. The number of amides is 2. The second-order valence-corrected chi connectivity index (χ2v) is 6.23. The van der Waals surface area contributed by atoms with Gasteiger partial charge in [-0.05, 0) is 37.1 Å². The maximum Gasteiger partial charge on any atom is 0.251 e. The van der Waals surface area contributed by atoms with Crippen LogP contribution in [0.3, 0.4) is 0 Å². The summed E-state index contributed by atoms with van der Waals surface area (Å²) in [6.45, 7) is 0.296. The predicted molar refractivity (Wildman–Crippen MR) is 101 cm³/mol. The Labute approximate surface area is 155 Å². The number of carbonyl (C=O) groups is 2. The normalized spacial score (nSPS) is 15.8. The average Bonchev–Trinajstić information content (AvgIpc) is 2.61. The molecule has 25 heavy (non-hydrogen) atoms. The lowest BCUT2D eigenvalue weighted by Crippen LogP contribution is -2.36. The van der Waals surface area contributed by atoms with Gasteiger partial charge < -0.3 is 21.1 Å². The van der Waals surface area contributed by atoms with E-state index in [0.29, 0.717) is 17.8 Å². The summed E-state index contributed by atoms with van der Waals surface area (Å²) in [6.07, 6.45) is 5.66. The molecule has 1 aromatic rings. The molecule has 1 unspecified atom stereocenters. The van der Waals surface area contributed by atoms with Crippen molar-refractivity contribution in [1.82, 2.24) is 5.32 Å². The molecule has 0 heterocycles. The molecule has 140 valence electrons. The Morgan fingerprint density at radius 1 is 1.20 bits per heavy atom. The molecule has 1 saturated carbocycles. The van der Waals surface area contributed by atoms with Crippen molar-refractivity contribution >= 4 is 29.9 Å². The summed E-state index contributed by atoms with van der Waals surface area (Å²) in [5.74, 6) is -0.214. The van der Waals surface area contributed by atoms with Crippen LogP contribution >= 0.6 is 12.4 Å². The highest BCUT2D eigenvalue weighted by Crippen LogP contribution is 2.18. The van der Waals surface area contributed by atoms with E-state index >= 15 is 0 Å². The molecular weight excluding hydrogens is 342 g/mol. The number of hydrogen-bond acceptors (Lipinski definition) is 4. The summed E-state index contributed by atoms with van der Waals surface area (Å²) in [6, 6.07) is 7.21. The number of halogens is 1. The van der Waals surface area contributed by atoms with E-state index in [1.165, 1.54) is 26.4 Å². The molecule has 2 rings (SSSR count). The van der Waals surface area contributed by atoms with Crippen LogP contribution in [0.25, 0.3) is 0 Å². The summed E-state index contributed by atoms with van der Waals surface area (Å²) >= 11 is 0. The van der Waals surface area contributed by atoms with Gasteiger partial charge in [0.05, 0.1) is 12.5 Å². The minimum Gasteiger partial charge on any atom is -0.380 e. The molecule has 1 fully saturated rings. The predicted octanol–water partition coefficient (Wildman–Crippen LogP) is 2.47. The number of benzene rings is 1. The van der Waals surface area contributed by atoms with Crippen molar-refractivity contribution < 1.29 is 14.3 Å². The van der Waals surface area contributed by atoms with Crippen LogP contribution in [0.4, 0.5) is 5.69 Å². The van der Waals surface area contributed by atoms with E-state index < -0.39 is 0 Å². The summed E-state index contributed by atoms with van der Waals surface area (Å²) in [4.78, 5) is 24.1. The zero-order valence-corrected chi connectivity index (χ0v) is 15.4. The number of nitrogens with two attached hydrogens (primary N) is 1. The number of ether oxygens (including phenoxy) is 1. The molecule has 0 spiro atoms. The number of methoxy groups -OCH3 is 1. The molecule has 0 saturated heterocycles. The highest BCUT2D eigenvalue weighted by molar-refractivity contribution is 5.96.